The van der Waals surface area contributed by atoms with Gasteiger partial charge in [-0.2, -0.15) is 0 Å². The maximum Gasteiger partial charge on any atom is 0.309 e. The fourth-order valence-electron chi connectivity index (χ4n) is 4.92. The van der Waals surface area contributed by atoms with Crippen molar-refractivity contribution in [3.8, 4) is 0 Å². The predicted molar refractivity (Wildman–Crippen MR) is 70.8 cm³/mol. The first-order valence-electron chi connectivity index (χ1n) is 7.66. The average Bonchev–Trinajstić information content (AvgIpc) is 2.26. The molecule has 0 spiro atoms. The van der Waals surface area contributed by atoms with Gasteiger partial charge in [0.15, 0.2) is 0 Å². The summed E-state index contributed by atoms with van der Waals surface area (Å²) in [4.78, 5) is 12.1. The Morgan fingerprint density at radius 1 is 1.22 bits per heavy atom. The van der Waals surface area contributed by atoms with Crippen molar-refractivity contribution in [2.24, 2.45) is 23.7 Å². The maximum absolute atomic E-state index is 12.1. The van der Waals surface area contributed by atoms with Gasteiger partial charge in [-0.3, -0.25) is 4.79 Å². The molecule has 4 saturated carbocycles. The third-order valence-electron chi connectivity index (χ3n) is 5.27. The van der Waals surface area contributed by atoms with E-state index < -0.39 is 0 Å². The first-order chi connectivity index (χ1) is 8.60. The summed E-state index contributed by atoms with van der Waals surface area (Å²) in [7, 11) is 0. The Morgan fingerprint density at radius 3 is 2.17 bits per heavy atom. The van der Waals surface area contributed by atoms with Crippen molar-refractivity contribution in [1.29, 1.82) is 0 Å². The van der Waals surface area contributed by atoms with Crippen molar-refractivity contribution in [2.45, 2.75) is 63.9 Å². The van der Waals surface area contributed by atoms with E-state index in [9.17, 15) is 4.79 Å². The molecular weight excluding hydrogens is 224 g/mol. The molecule has 18 heavy (non-hydrogen) atoms. The van der Waals surface area contributed by atoms with Crippen molar-refractivity contribution < 1.29 is 9.53 Å². The average molecular weight is 249 g/mol. The van der Waals surface area contributed by atoms with Gasteiger partial charge in [-0.05, 0) is 69.6 Å². The minimum atomic E-state index is -0.164. The summed E-state index contributed by atoms with van der Waals surface area (Å²) in [6.07, 6.45) is 9.41. The predicted octanol–water partition coefficient (Wildman–Crippen LogP) is 3.75. The summed E-state index contributed by atoms with van der Waals surface area (Å²) in [6.45, 7) is 6.04. The van der Waals surface area contributed by atoms with Crippen LogP contribution in [0.1, 0.15) is 58.3 Å². The van der Waals surface area contributed by atoms with E-state index in [-0.39, 0.29) is 17.5 Å². The van der Waals surface area contributed by atoms with Crippen LogP contribution >= 0.6 is 0 Å². The van der Waals surface area contributed by atoms with Crippen LogP contribution in [0.4, 0.5) is 0 Å². The zero-order valence-electron chi connectivity index (χ0n) is 11.5. The molecule has 0 N–H and O–H groups in total. The van der Waals surface area contributed by atoms with E-state index in [1.165, 1.54) is 19.3 Å². The number of rotatable bonds is 4. The number of hydrogen-bond acceptors (Lipinski definition) is 2. The highest BCUT2D eigenvalue weighted by Gasteiger charge is 2.53. The molecule has 0 aliphatic heterocycles. The molecule has 2 heteroatoms. The van der Waals surface area contributed by atoms with Crippen LogP contribution in [0.3, 0.4) is 0 Å². The van der Waals surface area contributed by atoms with Gasteiger partial charge >= 0.3 is 5.97 Å². The molecule has 4 aliphatic carbocycles. The monoisotopic (exact) mass is 249 g/mol. The van der Waals surface area contributed by atoms with Crippen LogP contribution in [0.15, 0.2) is 0 Å². The highest BCUT2D eigenvalue weighted by Crippen LogP contribution is 2.57. The molecule has 1 unspecified atom stereocenters. The normalized spacial score (nSPS) is 42.9. The lowest BCUT2D eigenvalue weighted by molar-refractivity contribution is -0.189. The molecule has 2 nitrogen and oxygen atoms in total. The quantitative estimate of drug-likeness (QED) is 0.709. The van der Waals surface area contributed by atoms with Crippen molar-refractivity contribution in [3.05, 3.63) is 6.92 Å². The standard InChI is InChI=1S/C16H25O2/c1-3-4-11(2)15(17)18-16-8-12-5-13(9-16)7-14(6-12)10-16/h11-14H,2-10H2,1H3. The van der Waals surface area contributed by atoms with Crippen molar-refractivity contribution in [1.82, 2.24) is 0 Å². The minimum Gasteiger partial charge on any atom is -0.459 e. The van der Waals surface area contributed by atoms with Gasteiger partial charge in [0.05, 0.1) is 5.92 Å². The second-order valence-corrected chi connectivity index (χ2v) is 7.01. The lowest BCUT2D eigenvalue weighted by atomic mass is 9.54. The van der Waals surface area contributed by atoms with Gasteiger partial charge in [-0.15, -0.1) is 0 Å². The zero-order chi connectivity index (χ0) is 12.8. The van der Waals surface area contributed by atoms with E-state index in [0.717, 1.165) is 49.9 Å². The van der Waals surface area contributed by atoms with E-state index in [1.807, 2.05) is 0 Å². The van der Waals surface area contributed by atoms with E-state index in [4.69, 9.17) is 4.74 Å². The smallest absolute Gasteiger partial charge is 0.309 e. The van der Waals surface area contributed by atoms with E-state index in [2.05, 4.69) is 13.8 Å². The van der Waals surface area contributed by atoms with Gasteiger partial charge in [0.25, 0.3) is 0 Å². The topological polar surface area (TPSA) is 26.3 Å². The van der Waals surface area contributed by atoms with Crippen LogP contribution in [-0.2, 0) is 9.53 Å². The lowest BCUT2D eigenvalue weighted by Crippen LogP contribution is -2.53. The van der Waals surface area contributed by atoms with Gasteiger partial charge in [0.1, 0.15) is 5.60 Å². The summed E-state index contributed by atoms with van der Waals surface area (Å²) in [6, 6.07) is 0. The van der Waals surface area contributed by atoms with Crippen molar-refractivity contribution in [3.63, 3.8) is 0 Å². The summed E-state index contributed by atoms with van der Waals surface area (Å²) in [5.74, 6) is 2.29. The number of carbonyl (C=O) groups is 1. The molecule has 4 bridgehead atoms. The molecule has 101 valence electrons. The Kier molecular flexibility index (Phi) is 3.15. The Balaban J connectivity index is 1.67. The number of hydrogen-bond donors (Lipinski definition) is 0. The Hall–Kier alpha value is -0.530. The molecular formula is C16H25O2. The first-order valence-corrected chi connectivity index (χ1v) is 7.66. The van der Waals surface area contributed by atoms with E-state index in [1.54, 1.807) is 0 Å². The van der Waals surface area contributed by atoms with E-state index >= 15 is 0 Å². The lowest BCUT2D eigenvalue weighted by Gasteiger charge is -2.55. The molecule has 0 aromatic rings. The molecule has 0 aromatic heterocycles. The summed E-state index contributed by atoms with van der Waals surface area (Å²) >= 11 is 0. The van der Waals surface area contributed by atoms with Crippen LogP contribution in [0, 0.1) is 30.6 Å². The molecule has 0 aromatic carbocycles. The summed E-state index contributed by atoms with van der Waals surface area (Å²) < 4.78 is 5.96. The molecule has 4 fully saturated rings. The number of ether oxygens (including phenoxy) is 1. The fraction of sp³-hybridized carbons (Fsp3) is 0.875. The van der Waals surface area contributed by atoms with Crippen LogP contribution in [0.2, 0.25) is 0 Å². The van der Waals surface area contributed by atoms with Gasteiger partial charge < -0.3 is 4.74 Å². The van der Waals surface area contributed by atoms with Gasteiger partial charge in [-0.25, -0.2) is 0 Å². The second kappa shape index (κ2) is 4.54. The Labute approximate surface area is 110 Å². The van der Waals surface area contributed by atoms with Gasteiger partial charge in [-0.1, -0.05) is 13.3 Å². The van der Waals surface area contributed by atoms with Crippen LogP contribution in [-0.4, -0.2) is 11.6 Å². The van der Waals surface area contributed by atoms with Crippen LogP contribution < -0.4 is 0 Å². The van der Waals surface area contributed by atoms with Crippen molar-refractivity contribution in [2.75, 3.05) is 0 Å². The molecule has 4 aliphatic rings. The molecule has 1 radical (unpaired) electrons. The highest BCUT2D eigenvalue weighted by atomic mass is 16.6. The van der Waals surface area contributed by atoms with E-state index in [0.29, 0.717) is 0 Å². The molecule has 1 atom stereocenters. The maximum atomic E-state index is 12.1. The Morgan fingerprint density at radius 2 is 1.72 bits per heavy atom. The van der Waals surface area contributed by atoms with Gasteiger partial charge in [0.2, 0.25) is 0 Å². The number of esters is 1. The molecule has 0 amide bonds. The SMILES string of the molecule is [CH2]C(CCC)C(=O)OC12CC3CC(CC(C3)C1)C2. The van der Waals surface area contributed by atoms with Crippen LogP contribution in [0.25, 0.3) is 0 Å². The summed E-state index contributed by atoms with van der Waals surface area (Å²) in [5, 5.41) is 0. The van der Waals surface area contributed by atoms with Crippen molar-refractivity contribution >= 4 is 5.97 Å². The second-order valence-electron chi connectivity index (χ2n) is 7.01. The highest BCUT2D eigenvalue weighted by molar-refractivity contribution is 5.73. The summed E-state index contributed by atoms with van der Waals surface area (Å²) in [5.41, 5.74) is -0.0878. The first kappa shape index (κ1) is 12.5. The number of carbonyl (C=O) groups excluding carboxylic acids is 1. The largest absolute Gasteiger partial charge is 0.459 e. The molecule has 0 saturated heterocycles. The molecule has 4 rings (SSSR count). The molecule has 0 heterocycles. The van der Waals surface area contributed by atoms with Crippen LogP contribution in [0.5, 0.6) is 0 Å². The zero-order valence-corrected chi connectivity index (χ0v) is 11.5. The fourth-order valence-corrected chi connectivity index (χ4v) is 4.92. The minimum absolute atomic E-state index is 0.0428. The van der Waals surface area contributed by atoms with Gasteiger partial charge in [0, 0.05) is 0 Å². The third-order valence-corrected chi connectivity index (χ3v) is 5.27. The third kappa shape index (κ3) is 2.19. The Bertz CT molecular complexity index is 299.